The maximum absolute atomic E-state index is 12.7. The summed E-state index contributed by atoms with van der Waals surface area (Å²) in [6.45, 7) is 3.43. The third kappa shape index (κ3) is 32.5. The Morgan fingerprint density at radius 3 is 1.64 bits per heavy atom. The third-order valence-electron chi connectivity index (χ3n) is 8.92. The zero-order chi connectivity index (χ0) is 36.9. The van der Waals surface area contributed by atoms with Gasteiger partial charge in [0.2, 0.25) is 11.8 Å². The van der Waals surface area contributed by atoms with E-state index in [4.69, 9.17) is 14.9 Å². The van der Waals surface area contributed by atoms with Crippen molar-refractivity contribution in [3.8, 4) is 0 Å². The number of aliphatic carboxylic acids is 1. The topological polar surface area (TPSA) is 142 Å². The molecule has 2 amide bonds. The first-order valence-corrected chi connectivity index (χ1v) is 20.2. The largest absolute Gasteiger partial charge is 0.480 e. The van der Waals surface area contributed by atoms with Gasteiger partial charge in [0, 0.05) is 12.8 Å². The quantitative estimate of drug-likeness (QED) is 0.0289. The lowest BCUT2D eigenvalue weighted by Gasteiger charge is -2.18. The summed E-state index contributed by atoms with van der Waals surface area (Å²) in [4.78, 5) is 47.4. The first-order valence-electron chi connectivity index (χ1n) is 20.2. The van der Waals surface area contributed by atoms with Gasteiger partial charge in [-0.15, -0.1) is 0 Å². The van der Waals surface area contributed by atoms with Crippen molar-refractivity contribution in [1.29, 1.82) is 0 Å². The van der Waals surface area contributed by atoms with Crippen molar-refractivity contribution < 1.29 is 34.1 Å². The number of carboxylic acid groups (broad SMARTS) is 1. The van der Waals surface area contributed by atoms with Gasteiger partial charge in [0.15, 0.2) is 0 Å². The van der Waals surface area contributed by atoms with Crippen LogP contribution in [0.4, 0.5) is 0 Å². The van der Waals surface area contributed by atoms with Crippen molar-refractivity contribution in [2.24, 2.45) is 0 Å². The highest BCUT2D eigenvalue weighted by Crippen LogP contribution is 2.18. The number of aliphatic hydroxyl groups is 1. The smallest absolute Gasteiger partial charge is 0.328 e. The zero-order valence-corrected chi connectivity index (χ0v) is 31.9. The van der Waals surface area contributed by atoms with Crippen LogP contribution in [-0.2, 0) is 23.9 Å². The highest BCUT2D eigenvalue weighted by Gasteiger charge is 2.19. The number of ether oxygens (including phenoxy) is 1. The molecule has 9 heteroatoms. The molecule has 0 heterocycles. The third-order valence-corrected chi connectivity index (χ3v) is 8.92. The predicted octanol–water partition coefficient (Wildman–Crippen LogP) is 9.26. The molecule has 50 heavy (non-hydrogen) atoms. The zero-order valence-electron chi connectivity index (χ0n) is 31.9. The molecule has 2 atom stereocenters. The Morgan fingerprint density at radius 2 is 1.06 bits per heavy atom. The minimum Gasteiger partial charge on any atom is -0.480 e. The molecule has 2 unspecified atom stereocenters. The molecule has 0 saturated heterocycles. The summed E-state index contributed by atoms with van der Waals surface area (Å²) in [7, 11) is 0. The van der Waals surface area contributed by atoms with Crippen LogP contribution in [0.15, 0.2) is 24.3 Å². The van der Waals surface area contributed by atoms with E-state index in [9.17, 15) is 19.2 Å². The molecule has 0 spiro atoms. The van der Waals surface area contributed by atoms with E-state index in [-0.39, 0.29) is 24.5 Å². The summed E-state index contributed by atoms with van der Waals surface area (Å²) in [5.74, 6) is -2.32. The van der Waals surface area contributed by atoms with Crippen LogP contribution in [0.3, 0.4) is 0 Å². The first kappa shape index (κ1) is 47.3. The van der Waals surface area contributed by atoms with Gasteiger partial charge >= 0.3 is 11.9 Å². The van der Waals surface area contributed by atoms with Crippen molar-refractivity contribution in [3.05, 3.63) is 24.3 Å². The maximum Gasteiger partial charge on any atom is 0.328 e. The lowest BCUT2D eigenvalue weighted by molar-refractivity contribution is -0.150. The lowest BCUT2D eigenvalue weighted by Crippen LogP contribution is -2.47. The molecule has 9 nitrogen and oxygen atoms in total. The van der Waals surface area contributed by atoms with Crippen LogP contribution in [-0.4, -0.2) is 59.3 Å². The second kappa shape index (κ2) is 36.1. The van der Waals surface area contributed by atoms with Crippen molar-refractivity contribution >= 4 is 23.8 Å². The molecule has 0 aliphatic heterocycles. The fraction of sp³-hybridized carbons (Fsp3) is 0.805. The summed E-state index contributed by atoms with van der Waals surface area (Å²) in [5.41, 5.74) is 0. The second-order valence-electron chi connectivity index (χ2n) is 13.7. The lowest BCUT2D eigenvalue weighted by atomic mass is 10.0. The van der Waals surface area contributed by atoms with Crippen LogP contribution in [0, 0.1) is 0 Å². The van der Waals surface area contributed by atoms with Crippen LogP contribution < -0.4 is 10.6 Å². The minimum absolute atomic E-state index is 0.0440. The Balaban J connectivity index is 4.35. The van der Waals surface area contributed by atoms with Crippen LogP contribution in [0.5, 0.6) is 0 Å². The van der Waals surface area contributed by atoms with Crippen molar-refractivity contribution in [1.82, 2.24) is 10.6 Å². The van der Waals surface area contributed by atoms with E-state index in [1.54, 1.807) is 0 Å². The van der Waals surface area contributed by atoms with Gasteiger partial charge < -0.3 is 25.6 Å². The van der Waals surface area contributed by atoms with Crippen molar-refractivity contribution in [2.45, 2.75) is 199 Å². The number of hydrogen-bond donors (Lipinski definition) is 4. The summed E-state index contributed by atoms with van der Waals surface area (Å²) >= 11 is 0. The van der Waals surface area contributed by atoms with Gasteiger partial charge in [0.25, 0.3) is 0 Å². The van der Waals surface area contributed by atoms with E-state index in [1.165, 1.54) is 77.0 Å². The van der Waals surface area contributed by atoms with Gasteiger partial charge in [-0.2, -0.15) is 0 Å². The molecule has 0 fully saturated rings. The van der Waals surface area contributed by atoms with Crippen LogP contribution >= 0.6 is 0 Å². The fourth-order valence-corrected chi connectivity index (χ4v) is 5.75. The monoisotopic (exact) mass is 707 g/mol. The average Bonchev–Trinajstić information content (AvgIpc) is 3.10. The Kier molecular flexibility index (Phi) is 34.2. The summed E-state index contributed by atoms with van der Waals surface area (Å²) in [6.07, 6.45) is 37.7. The average molecular weight is 707 g/mol. The number of carbonyl (C=O) groups excluding carboxylic acids is 3. The molecule has 0 aliphatic rings. The van der Waals surface area contributed by atoms with E-state index in [0.29, 0.717) is 19.3 Å². The van der Waals surface area contributed by atoms with E-state index in [1.807, 2.05) is 0 Å². The van der Waals surface area contributed by atoms with Crippen LogP contribution in [0.1, 0.15) is 187 Å². The Hall–Kier alpha value is -2.68. The summed E-state index contributed by atoms with van der Waals surface area (Å²) in [6, 6.07) is -1.38. The van der Waals surface area contributed by atoms with E-state index >= 15 is 0 Å². The number of carbonyl (C=O) groups is 4. The molecule has 0 bridgehead atoms. The highest BCUT2D eigenvalue weighted by molar-refractivity contribution is 5.87. The minimum atomic E-state index is -1.38. The van der Waals surface area contributed by atoms with Crippen molar-refractivity contribution in [3.63, 3.8) is 0 Å². The Labute approximate surface area is 304 Å². The van der Waals surface area contributed by atoms with E-state index in [0.717, 1.165) is 77.0 Å². The number of unbranched alkanes of at least 4 members (excludes halogenated alkanes) is 18. The van der Waals surface area contributed by atoms with Crippen LogP contribution in [0.2, 0.25) is 0 Å². The van der Waals surface area contributed by atoms with Crippen LogP contribution in [0.25, 0.3) is 0 Å². The van der Waals surface area contributed by atoms with Gasteiger partial charge in [-0.05, 0) is 77.0 Å². The number of nitrogens with one attached hydrogen (secondary N) is 2. The SMILES string of the molecule is CCCC/C=C\CCCCCCCC(=O)OC(CCC/C=C\CCCCCCCC)CCCCCCCC(=O)NCC(=O)NC(CO)C(=O)O. The number of aliphatic hydroxyl groups excluding tert-OH is 1. The molecular weight excluding hydrogens is 632 g/mol. The molecule has 0 rings (SSSR count). The molecule has 0 aromatic heterocycles. The Bertz CT molecular complexity index is 905. The molecule has 0 aromatic carbocycles. The Morgan fingerprint density at radius 1 is 0.580 bits per heavy atom. The molecule has 0 radical (unpaired) electrons. The molecule has 4 N–H and O–H groups in total. The van der Waals surface area contributed by atoms with Gasteiger partial charge in [0.05, 0.1) is 13.2 Å². The second-order valence-corrected chi connectivity index (χ2v) is 13.7. The van der Waals surface area contributed by atoms with Gasteiger partial charge in [0.1, 0.15) is 12.1 Å². The number of amides is 2. The van der Waals surface area contributed by atoms with Crippen molar-refractivity contribution in [2.75, 3.05) is 13.2 Å². The number of allylic oxidation sites excluding steroid dienone is 4. The van der Waals surface area contributed by atoms with E-state index < -0.39 is 24.5 Å². The standard InChI is InChI=1S/C41H74N2O7/c1-3-5-7-9-11-13-15-17-19-22-26-30-36(50-40(47)33-29-25-20-18-16-14-12-10-8-6-4-2)31-27-23-21-24-28-32-38(45)42-34-39(46)43-37(35-44)41(48)49/h10,12,17,19,36-37,44H,3-9,11,13-16,18,20-35H2,1-2H3,(H,42,45)(H,43,46)(H,48,49)/b12-10-,19-17-. The van der Waals surface area contributed by atoms with Gasteiger partial charge in [-0.1, -0.05) is 122 Å². The number of carboxylic acids is 1. The number of hydrogen-bond acceptors (Lipinski definition) is 6. The summed E-state index contributed by atoms with van der Waals surface area (Å²) in [5, 5.41) is 22.5. The number of rotatable bonds is 36. The first-order chi connectivity index (χ1) is 24.3. The molecule has 0 saturated carbocycles. The molecular formula is C41H74N2O7. The molecule has 0 aliphatic carbocycles. The fourth-order valence-electron chi connectivity index (χ4n) is 5.75. The molecule has 0 aromatic rings. The molecule has 290 valence electrons. The predicted molar refractivity (Wildman–Crippen MR) is 204 cm³/mol. The van der Waals surface area contributed by atoms with Gasteiger partial charge in [-0.25, -0.2) is 4.79 Å². The number of esters is 1. The highest BCUT2D eigenvalue weighted by atomic mass is 16.5. The maximum atomic E-state index is 12.7. The van der Waals surface area contributed by atoms with Gasteiger partial charge in [-0.3, -0.25) is 14.4 Å². The van der Waals surface area contributed by atoms with E-state index in [2.05, 4.69) is 48.8 Å². The summed E-state index contributed by atoms with van der Waals surface area (Å²) < 4.78 is 5.98. The normalized spacial score (nSPS) is 12.7.